The number of rotatable bonds is 6. The molecule has 0 amide bonds. The lowest BCUT2D eigenvalue weighted by Crippen LogP contribution is -2.06. The quantitative estimate of drug-likeness (QED) is 0.561. The van der Waals surface area contributed by atoms with Crippen LogP contribution in [-0.2, 0) is 4.74 Å². The van der Waals surface area contributed by atoms with Gasteiger partial charge in [-0.1, -0.05) is 24.6 Å². The number of esters is 1. The van der Waals surface area contributed by atoms with Crippen molar-refractivity contribution in [2.75, 3.05) is 6.61 Å². The van der Waals surface area contributed by atoms with Gasteiger partial charge in [0.25, 0.3) is 0 Å². The fourth-order valence-electron chi connectivity index (χ4n) is 1.98. The molecule has 2 nitrogen and oxygen atoms in total. The van der Waals surface area contributed by atoms with E-state index in [0.717, 1.165) is 12.8 Å². The minimum atomic E-state index is -0.282. The van der Waals surface area contributed by atoms with Crippen molar-refractivity contribution in [3.63, 3.8) is 0 Å². The summed E-state index contributed by atoms with van der Waals surface area (Å²) in [4.78, 5) is 11.7. The topological polar surface area (TPSA) is 26.3 Å². The summed E-state index contributed by atoms with van der Waals surface area (Å²) < 4.78 is 5.22. The Morgan fingerprint density at radius 1 is 1.39 bits per heavy atom. The van der Waals surface area contributed by atoms with Crippen molar-refractivity contribution in [1.82, 2.24) is 0 Å². The van der Waals surface area contributed by atoms with Crippen LogP contribution in [-0.4, -0.2) is 12.6 Å². The van der Waals surface area contributed by atoms with Crippen LogP contribution in [0.15, 0.2) is 24.3 Å². The number of ether oxygens (including phenoxy) is 1. The Kier molecular flexibility index (Phi) is 4.28. The van der Waals surface area contributed by atoms with Crippen molar-refractivity contribution in [2.45, 2.75) is 39.0 Å². The fraction of sp³-hybridized carbons (Fsp3) is 0.533. The molecule has 0 spiro atoms. The third-order valence-electron chi connectivity index (χ3n) is 3.57. The van der Waals surface area contributed by atoms with Gasteiger partial charge >= 0.3 is 5.97 Å². The molecule has 1 saturated carbocycles. The Balaban J connectivity index is 1.65. The van der Waals surface area contributed by atoms with Gasteiger partial charge in [-0.3, -0.25) is 0 Å². The third kappa shape index (κ3) is 4.02. The highest BCUT2D eigenvalue weighted by atomic mass is 35.5. The summed E-state index contributed by atoms with van der Waals surface area (Å²) in [6.07, 6.45) is 6.05. The maximum Gasteiger partial charge on any atom is 0.338 e. The zero-order valence-electron chi connectivity index (χ0n) is 10.7. The van der Waals surface area contributed by atoms with E-state index in [-0.39, 0.29) is 5.97 Å². The minimum absolute atomic E-state index is 0.282. The second-order valence-corrected chi connectivity index (χ2v) is 5.85. The molecule has 0 atom stereocenters. The molecule has 0 radical (unpaired) electrons. The lowest BCUT2D eigenvalue weighted by atomic mass is 10.0. The number of unbranched alkanes of at least 4 members (excludes halogenated alkanes) is 1. The van der Waals surface area contributed by atoms with Crippen LogP contribution in [0.2, 0.25) is 5.02 Å². The zero-order valence-corrected chi connectivity index (χ0v) is 11.5. The first-order valence-electron chi connectivity index (χ1n) is 6.52. The van der Waals surface area contributed by atoms with Crippen LogP contribution in [0.5, 0.6) is 0 Å². The Morgan fingerprint density at radius 2 is 2.17 bits per heavy atom. The Labute approximate surface area is 113 Å². The number of benzene rings is 1. The van der Waals surface area contributed by atoms with Crippen LogP contribution >= 0.6 is 11.6 Å². The highest BCUT2D eigenvalue weighted by Gasteiger charge is 2.35. The van der Waals surface area contributed by atoms with Gasteiger partial charge in [-0.15, -0.1) is 0 Å². The van der Waals surface area contributed by atoms with E-state index < -0.39 is 0 Å². The van der Waals surface area contributed by atoms with E-state index in [9.17, 15) is 4.79 Å². The van der Waals surface area contributed by atoms with E-state index in [0.29, 0.717) is 22.6 Å². The molecule has 3 heteroatoms. The standard InChI is InChI=1S/C15H19ClO2/c1-15(8-9-15)7-2-3-10-18-14(17)12-5-4-6-13(16)11-12/h4-6,11H,2-3,7-10H2,1H3. The van der Waals surface area contributed by atoms with E-state index in [1.807, 2.05) is 0 Å². The van der Waals surface area contributed by atoms with Crippen LogP contribution < -0.4 is 0 Å². The summed E-state index contributed by atoms with van der Waals surface area (Å²) in [5.74, 6) is -0.282. The van der Waals surface area contributed by atoms with E-state index in [4.69, 9.17) is 16.3 Å². The van der Waals surface area contributed by atoms with Crippen LogP contribution in [0, 0.1) is 5.41 Å². The van der Waals surface area contributed by atoms with E-state index >= 15 is 0 Å². The monoisotopic (exact) mass is 266 g/mol. The van der Waals surface area contributed by atoms with Gasteiger partial charge in [0.05, 0.1) is 12.2 Å². The fourth-order valence-corrected chi connectivity index (χ4v) is 2.17. The molecule has 0 heterocycles. The van der Waals surface area contributed by atoms with Gasteiger partial charge < -0.3 is 4.74 Å². The molecule has 0 saturated heterocycles. The Bertz CT molecular complexity index is 424. The predicted molar refractivity (Wildman–Crippen MR) is 72.9 cm³/mol. The molecule has 1 aliphatic carbocycles. The van der Waals surface area contributed by atoms with E-state index in [1.54, 1.807) is 24.3 Å². The number of halogens is 1. The van der Waals surface area contributed by atoms with Crippen molar-refractivity contribution in [3.05, 3.63) is 34.9 Å². The smallest absolute Gasteiger partial charge is 0.338 e. The van der Waals surface area contributed by atoms with Gasteiger partial charge in [0.15, 0.2) is 0 Å². The second-order valence-electron chi connectivity index (χ2n) is 5.41. The number of hydrogen-bond acceptors (Lipinski definition) is 2. The van der Waals surface area contributed by atoms with Crippen LogP contribution in [0.25, 0.3) is 0 Å². The molecular weight excluding hydrogens is 248 g/mol. The largest absolute Gasteiger partial charge is 0.462 e. The zero-order chi connectivity index (χ0) is 13.0. The van der Waals surface area contributed by atoms with Crippen molar-refractivity contribution in [1.29, 1.82) is 0 Å². The highest BCUT2D eigenvalue weighted by Crippen LogP contribution is 2.49. The molecule has 1 aliphatic rings. The molecule has 98 valence electrons. The minimum Gasteiger partial charge on any atom is -0.462 e. The van der Waals surface area contributed by atoms with Gasteiger partial charge in [0.2, 0.25) is 0 Å². The molecule has 18 heavy (non-hydrogen) atoms. The van der Waals surface area contributed by atoms with Gasteiger partial charge in [0.1, 0.15) is 0 Å². The normalized spacial score (nSPS) is 16.3. The molecule has 0 aliphatic heterocycles. The summed E-state index contributed by atoms with van der Waals surface area (Å²) in [6.45, 7) is 2.83. The van der Waals surface area contributed by atoms with Gasteiger partial charge in [-0.05, 0) is 55.7 Å². The van der Waals surface area contributed by atoms with Crippen molar-refractivity contribution >= 4 is 17.6 Å². The number of carbonyl (C=O) groups excluding carboxylic acids is 1. The van der Waals surface area contributed by atoms with Crippen LogP contribution in [0.1, 0.15) is 49.4 Å². The maximum atomic E-state index is 11.7. The third-order valence-corrected chi connectivity index (χ3v) is 3.81. The van der Waals surface area contributed by atoms with Gasteiger partial charge in [0, 0.05) is 5.02 Å². The molecular formula is C15H19ClO2. The first kappa shape index (κ1) is 13.4. The lowest BCUT2D eigenvalue weighted by molar-refractivity contribution is 0.0496. The van der Waals surface area contributed by atoms with Gasteiger partial charge in [-0.25, -0.2) is 4.79 Å². The van der Waals surface area contributed by atoms with Crippen molar-refractivity contribution in [3.8, 4) is 0 Å². The first-order chi connectivity index (χ1) is 8.59. The summed E-state index contributed by atoms with van der Waals surface area (Å²) in [7, 11) is 0. The molecule has 0 aromatic heterocycles. The van der Waals surface area contributed by atoms with Crippen molar-refractivity contribution in [2.24, 2.45) is 5.41 Å². The summed E-state index contributed by atoms with van der Waals surface area (Å²) in [6, 6.07) is 6.86. The molecule has 2 rings (SSSR count). The van der Waals surface area contributed by atoms with Crippen LogP contribution in [0.4, 0.5) is 0 Å². The summed E-state index contributed by atoms with van der Waals surface area (Å²) in [5.41, 5.74) is 1.12. The van der Waals surface area contributed by atoms with Crippen molar-refractivity contribution < 1.29 is 9.53 Å². The molecule has 1 aromatic rings. The molecule has 0 bridgehead atoms. The van der Waals surface area contributed by atoms with E-state index in [1.165, 1.54) is 19.3 Å². The first-order valence-corrected chi connectivity index (χ1v) is 6.90. The molecule has 0 unspecified atom stereocenters. The number of carbonyl (C=O) groups is 1. The average molecular weight is 267 g/mol. The Morgan fingerprint density at radius 3 is 2.83 bits per heavy atom. The van der Waals surface area contributed by atoms with E-state index in [2.05, 4.69) is 6.92 Å². The maximum absolute atomic E-state index is 11.7. The summed E-state index contributed by atoms with van der Waals surface area (Å²) in [5, 5.41) is 0.561. The molecule has 1 fully saturated rings. The lowest BCUT2D eigenvalue weighted by Gasteiger charge is -2.08. The predicted octanol–water partition coefficient (Wildman–Crippen LogP) is 4.47. The second kappa shape index (κ2) is 5.75. The van der Waals surface area contributed by atoms with Gasteiger partial charge in [-0.2, -0.15) is 0 Å². The summed E-state index contributed by atoms with van der Waals surface area (Å²) >= 11 is 5.82. The molecule has 1 aromatic carbocycles. The highest BCUT2D eigenvalue weighted by molar-refractivity contribution is 6.30. The van der Waals surface area contributed by atoms with Crippen LogP contribution in [0.3, 0.4) is 0 Å². The Hall–Kier alpha value is -1.02. The SMILES string of the molecule is CC1(CCCCOC(=O)c2cccc(Cl)c2)CC1. The number of hydrogen-bond donors (Lipinski definition) is 0. The molecule has 0 N–H and O–H groups in total. The average Bonchev–Trinajstić information content (AvgIpc) is 3.07.